The molecule has 0 unspecified atom stereocenters. The summed E-state index contributed by atoms with van der Waals surface area (Å²) in [6.45, 7) is 4.03. The topological polar surface area (TPSA) is 88.4 Å². The first-order valence-corrected chi connectivity index (χ1v) is 11.5. The molecule has 0 atom stereocenters. The van der Waals surface area contributed by atoms with Crippen LogP contribution >= 0.6 is 0 Å². The fourth-order valence-electron chi connectivity index (χ4n) is 4.14. The third-order valence-corrected chi connectivity index (χ3v) is 5.94. The zero-order valence-corrected chi connectivity index (χ0v) is 19.2. The second kappa shape index (κ2) is 10.4. The summed E-state index contributed by atoms with van der Waals surface area (Å²) in [6, 6.07) is 15.8. The van der Waals surface area contributed by atoms with E-state index in [1.807, 2.05) is 42.5 Å². The number of hydrogen-bond donors (Lipinski definition) is 1. The molecule has 35 heavy (non-hydrogen) atoms. The Morgan fingerprint density at radius 2 is 1.71 bits per heavy atom. The van der Waals surface area contributed by atoms with Gasteiger partial charge in [0, 0.05) is 38.4 Å². The standard InChI is InChI=1S/C25H26FN7O2/c26-19-6-8-20(9-7-19)31-12-14-32(15-13-31)24-22-16-30-33(25(22)29-18-28-24)11-10-27-23(34)17-35-21-4-2-1-3-5-21/h1-9,16,18H,10-15,17H2,(H,27,34). The number of anilines is 2. The summed E-state index contributed by atoms with van der Waals surface area (Å²) in [6.07, 6.45) is 3.33. The first-order chi connectivity index (χ1) is 17.2. The molecule has 10 heteroatoms. The van der Waals surface area contributed by atoms with Crippen molar-refractivity contribution in [3.05, 3.63) is 72.9 Å². The number of amides is 1. The fourth-order valence-corrected chi connectivity index (χ4v) is 4.14. The molecule has 1 saturated heterocycles. The molecule has 0 saturated carbocycles. The van der Waals surface area contributed by atoms with Crippen LogP contribution in [0.15, 0.2) is 67.1 Å². The Morgan fingerprint density at radius 3 is 2.49 bits per heavy atom. The largest absolute Gasteiger partial charge is 0.484 e. The Bertz CT molecular complexity index is 1270. The third kappa shape index (κ3) is 5.32. The second-order valence-electron chi connectivity index (χ2n) is 8.20. The minimum Gasteiger partial charge on any atom is -0.484 e. The molecule has 0 spiro atoms. The minimum absolute atomic E-state index is 0.0416. The van der Waals surface area contributed by atoms with Gasteiger partial charge in [-0.2, -0.15) is 5.10 Å². The maximum Gasteiger partial charge on any atom is 0.258 e. The molecule has 0 radical (unpaired) electrons. The average Bonchev–Trinajstić information content (AvgIpc) is 3.32. The zero-order chi connectivity index (χ0) is 24.0. The van der Waals surface area contributed by atoms with Crippen LogP contribution in [-0.4, -0.2) is 65.0 Å². The Morgan fingerprint density at radius 1 is 0.971 bits per heavy atom. The van der Waals surface area contributed by atoms with Gasteiger partial charge in [0.25, 0.3) is 5.91 Å². The second-order valence-corrected chi connectivity index (χ2v) is 8.20. The number of fused-ring (bicyclic) bond motifs is 1. The van der Waals surface area contributed by atoms with Crippen LogP contribution in [0.1, 0.15) is 0 Å². The number of nitrogens with zero attached hydrogens (tertiary/aromatic N) is 6. The van der Waals surface area contributed by atoms with E-state index in [-0.39, 0.29) is 18.3 Å². The first kappa shape index (κ1) is 22.6. The van der Waals surface area contributed by atoms with E-state index in [0.29, 0.717) is 18.8 Å². The number of para-hydroxylation sites is 1. The number of aromatic nitrogens is 4. The van der Waals surface area contributed by atoms with Crippen LogP contribution in [0.25, 0.3) is 11.0 Å². The lowest BCUT2D eigenvalue weighted by Crippen LogP contribution is -2.46. The van der Waals surface area contributed by atoms with E-state index < -0.39 is 0 Å². The first-order valence-electron chi connectivity index (χ1n) is 11.5. The predicted molar refractivity (Wildman–Crippen MR) is 131 cm³/mol. The van der Waals surface area contributed by atoms with E-state index in [9.17, 15) is 9.18 Å². The van der Waals surface area contributed by atoms with Crippen molar-refractivity contribution in [2.24, 2.45) is 0 Å². The molecule has 5 rings (SSSR count). The van der Waals surface area contributed by atoms with Crippen molar-refractivity contribution in [1.29, 1.82) is 0 Å². The number of rotatable bonds is 8. The van der Waals surface area contributed by atoms with E-state index in [1.165, 1.54) is 12.1 Å². The smallest absolute Gasteiger partial charge is 0.258 e. The Hall–Kier alpha value is -4.21. The van der Waals surface area contributed by atoms with Crippen molar-refractivity contribution in [2.75, 3.05) is 49.1 Å². The molecule has 1 amide bonds. The molecule has 180 valence electrons. The summed E-state index contributed by atoms with van der Waals surface area (Å²) in [5, 5.41) is 8.20. The van der Waals surface area contributed by atoms with Crippen molar-refractivity contribution in [1.82, 2.24) is 25.1 Å². The molecule has 0 aliphatic carbocycles. The van der Waals surface area contributed by atoms with E-state index in [0.717, 1.165) is 48.7 Å². The summed E-state index contributed by atoms with van der Waals surface area (Å²) in [5.41, 5.74) is 1.74. The van der Waals surface area contributed by atoms with Gasteiger partial charge in [0.05, 0.1) is 18.1 Å². The van der Waals surface area contributed by atoms with Crippen LogP contribution in [0.4, 0.5) is 15.9 Å². The molecule has 0 bridgehead atoms. The highest BCUT2D eigenvalue weighted by atomic mass is 19.1. The van der Waals surface area contributed by atoms with Crippen molar-refractivity contribution in [3.8, 4) is 5.75 Å². The van der Waals surface area contributed by atoms with Gasteiger partial charge in [-0.3, -0.25) is 4.79 Å². The number of nitrogens with one attached hydrogen (secondary N) is 1. The molecule has 2 aromatic carbocycles. The lowest BCUT2D eigenvalue weighted by molar-refractivity contribution is -0.123. The van der Waals surface area contributed by atoms with Gasteiger partial charge in [0.15, 0.2) is 12.3 Å². The minimum atomic E-state index is -0.229. The van der Waals surface area contributed by atoms with Gasteiger partial charge >= 0.3 is 0 Å². The highest BCUT2D eigenvalue weighted by Gasteiger charge is 2.21. The van der Waals surface area contributed by atoms with E-state index >= 15 is 0 Å². The van der Waals surface area contributed by atoms with Gasteiger partial charge in [0.2, 0.25) is 0 Å². The number of ether oxygens (including phenoxy) is 1. The zero-order valence-electron chi connectivity index (χ0n) is 19.2. The normalized spacial score (nSPS) is 13.7. The molecule has 1 N–H and O–H groups in total. The average molecular weight is 476 g/mol. The molecule has 4 aromatic rings. The number of hydrogen-bond acceptors (Lipinski definition) is 7. The van der Waals surface area contributed by atoms with Gasteiger partial charge in [-0.15, -0.1) is 0 Å². The number of benzene rings is 2. The Labute approximate surface area is 202 Å². The van der Waals surface area contributed by atoms with Crippen LogP contribution in [0.5, 0.6) is 5.75 Å². The number of halogens is 1. The summed E-state index contributed by atoms with van der Waals surface area (Å²) in [4.78, 5) is 25.5. The molecule has 3 heterocycles. The Balaban J connectivity index is 1.16. The van der Waals surface area contributed by atoms with Crippen LogP contribution in [0.2, 0.25) is 0 Å². The summed E-state index contributed by atoms with van der Waals surface area (Å²) < 4.78 is 20.5. The predicted octanol–water partition coefficient (Wildman–Crippen LogP) is 2.49. The Kier molecular flexibility index (Phi) is 6.69. The molecular formula is C25H26FN7O2. The van der Waals surface area contributed by atoms with Gasteiger partial charge < -0.3 is 19.9 Å². The maximum absolute atomic E-state index is 13.2. The summed E-state index contributed by atoms with van der Waals surface area (Å²) in [7, 11) is 0. The fraction of sp³-hybridized carbons (Fsp3) is 0.280. The van der Waals surface area contributed by atoms with Crippen LogP contribution in [0.3, 0.4) is 0 Å². The summed E-state index contributed by atoms with van der Waals surface area (Å²) in [5.74, 6) is 1.08. The molecule has 1 aliphatic heterocycles. The summed E-state index contributed by atoms with van der Waals surface area (Å²) >= 11 is 0. The van der Waals surface area contributed by atoms with Gasteiger partial charge in [-0.1, -0.05) is 18.2 Å². The lowest BCUT2D eigenvalue weighted by atomic mass is 10.2. The maximum atomic E-state index is 13.2. The highest BCUT2D eigenvalue weighted by molar-refractivity contribution is 5.86. The number of piperazine rings is 1. The molecule has 9 nitrogen and oxygen atoms in total. The van der Waals surface area contributed by atoms with Crippen molar-refractivity contribution in [2.45, 2.75) is 6.54 Å². The number of carbonyl (C=O) groups is 1. The van der Waals surface area contributed by atoms with Gasteiger partial charge in [0.1, 0.15) is 23.7 Å². The van der Waals surface area contributed by atoms with Crippen LogP contribution < -0.4 is 19.9 Å². The van der Waals surface area contributed by atoms with Crippen molar-refractivity contribution < 1.29 is 13.9 Å². The van der Waals surface area contributed by atoms with Crippen LogP contribution in [-0.2, 0) is 11.3 Å². The SMILES string of the molecule is O=C(COc1ccccc1)NCCn1ncc2c(N3CCN(c4ccc(F)cc4)CC3)ncnc21. The molecule has 1 aliphatic rings. The third-order valence-electron chi connectivity index (χ3n) is 5.94. The van der Waals surface area contributed by atoms with E-state index in [4.69, 9.17) is 4.74 Å². The van der Waals surface area contributed by atoms with E-state index in [2.05, 4.69) is 30.2 Å². The quantitative estimate of drug-likeness (QED) is 0.419. The monoisotopic (exact) mass is 475 g/mol. The lowest BCUT2D eigenvalue weighted by Gasteiger charge is -2.36. The molecule has 2 aromatic heterocycles. The van der Waals surface area contributed by atoms with Gasteiger partial charge in [-0.25, -0.2) is 19.0 Å². The van der Waals surface area contributed by atoms with Gasteiger partial charge in [-0.05, 0) is 36.4 Å². The van der Waals surface area contributed by atoms with E-state index in [1.54, 1.807) is 17.2 Å². The highest BCUT2D eigenvalue weighted by Crippen LogP contribution is 2.25. The van der Waals surface area contributed by atoms with Crippen molar-refractivity contribution in [3.63, 3.8) is 0 Å². The van der Waals surface area contributed by atoms with Crippen molar-refractivity contribution >= 4 is 28.4 Å². The molecule has 1 fully saturated rings. The molecular weight excluding hydrogens is 449 g/mol. The number of carbonyl (C=O) groups excluding carboxylic acids is 1. The van der Waals surface area contributed by atoms with Crippen LogP contribution in [0, 0.1) is 5.82 Å².